The molecule has 0 fully saturated rings. The van der Waals surface area contributed by atoms with Crippen LogP contribution in [-0.4, -0.2) is 5.84 Å². The number of halogens is 1. The van der Waals surface area contributed by atoms with Gasteiger partial charge in [0.1, 0.15) is 17.5 Å². The van der Waals surface area contributed by atoms with E-state index < -0.39 is 0 Å². The van der Waals surface area contributed by atoms with Gasteiger partial charge in [-0.1, -0.05) is 32.6 Å². The van der Waals surface area contributed by atoms with Crippen LogP contribution in [0.4, 0.5) is 10.1 Å². The van der Waals surface area contributed by atoms with Gasteiger partial charge in [-0.25, -0.2) is 9.38 Å². The van der Waals surface area contributed by atoms with E-state index in [1.165, 1.54) is 6.07 Å². The Morgan fingerprint density at radius 3 is 2.53 bits per heavy atom. The highest BCUT2D eigenvalue weighted by molar-refractivity contribution is 6.04. The number of benzene rings is 1. The maximum absolute atomic E-state index is 13.3. The highest BCUT2D eigenvalue weighted by Gasteiger charge is 2.01. The summed E-state index contributed by atoms with van der Waals surface area (Å²) in [6.07, 6.45) is 3.54. The van der Waals surface area contributed by atoms with Gasteiger partial charge >= 0.3 is 0 Å². The Morgan fingerprint density at radius 2 is 2.05 bits per heavy atom. The molecule has 0 unspecified atom stereocenters. The van der Waals surface area contributed by atoms with Crippen LogP contribution in [0.1, 0.15) is 26.3 Å². The zero-order chi connectivity index (χ0) is 14.8. The molecule has 0 aliphatic heterocycles. The first-order valence-electron chi connectivity index (χ1n) is 6.22. The Kier molecular flexibility index (Phi) is 7.93. The van der Waals surface area contributed by atoms with Gasteiger partial charge in [0.2, 0.25) is 0 Å². The quantitative estimate of drug-likeness (QED) is 0.640. The summed E-state index contributed by atoms with van der Waals surface area (Å²) in [4.78, 5) is 3.99. The van der Waals surface area contributed by atoms with Crippen molar-refractivity contribution in [2.45, 2.75) is 27.7 Å². The van der Waals surface area contributed by atoms with Crippen molar-refractivity contribution in [3.8, 4) is 0 Å². The van der Waals surface area contributed by atoms with E-state index in [-0.39, 0.29) is 11.6 Å². The van der Waals surface area contributed by atoms with Crippen LogP contribution in [0.2, 0.25) is 0 Å². The highest BCUT2D eigenvalue weighted by Crippen LogP contribution is 2.13. The minimum Gasteiger partial charge on any atom is -0.384 e. The van der Waals surface area contributed by atoms with Gasteiger partial charge in [0, 0.05) is 5.69 Å². The fourth-order valence-corrected chi connectivity index (χ4v) is 1.24. The lowest BCUT2D eigenvalue weighted by atomic mass is 10.2. The molecule has 0 saturated carbocycles. The topological polar surface area (TPSA) is 50.4 Å². The van der Waals surface area contributed by atoms with Gasteiger partial charge in [0.15, 0.2) is 0 Å². The number of aryl methyl sites for hydroxylation is 1. The fourth-order valence-electron chi connectivity index (χ4n) is 1.24. The summed E-state index contributed by atoms with van der Waals surface area (Å²) in [6, 6.07) is 4.88. The molecule has 0 aliphatic rings. The number of aliphatic imine (C=N–C) groups is 1. The monoisotopic (exact) mass is 263 g/mol. The average Bonchev–Trinajstić information content (AvgIpc) is 2.36. The molecule has 0 saturated heterocycles. The molecule has 1 aromatic carbocycles. The van der Waals surface area contributed by atoms with Crippen molar-refractivity contribution in [2.75, 3.05) is 5.32 Å². The minimum atomic E-state index is -0.263. The van der Waals surface area contributed by atoms with Crippen molar-refractivity contribution >= 4 is 11.5 Å². The van der Waals surface area contributed by atoms with Gasteiger partial charge in [-0.2, -0.15) is 0 Å². The lowest BCUT2D eigenvalue weighted by molar-refractivity contribution is 0.619. The number of nitrogens with one attached hydrogen (secondary N) is 1. The Bertz CT molecular complexity index is 476. The van der Waals surface area contributed by atoms with E-state index in [1.807, 2.05) is 20.8 Å². The largest absolute Gasteiger partial charge is 0.384 e. The molecule has 4 heteroatoms. The van der Waals surface area contributed by atoms with Gasteiger partial charge in [-0.05, 0) is 37.6 Å². The first-order valence-corrected chi connectivity index (χ1v) is 6.22. The number of hydrogen-bond donors (Lipinski definition) is 2. The summed E-state index contributed by atoms with van der Waals surface area (Å²) in [5.41, 5.74) is 6.62. The Morgan fingerprint density at radius 1 is 1.42 bits per heavy atom. The van der Waals surface area contributed by atoms with Gasteiger partial charge < -0.3 is 11.1 Å². The number of anilines is 1. The van der Waals surface area contributed by atoms with Crippen LogP contribution in [0.5, 0.6) is 0 Å². The van der Waals surface area contributed by atoms with Crippen LogP contribution in [0, 0.1) is 12.7 Å². The van der Waals surface area contributed by atoms with E-state index in [9.17, 15) is 4.39 Å². The van der Waals surface area contributed by atoms with E-state index in [1.54, 1.807) is 31.2 Å². The van der Waals surface area contributed by atoms with Crippen molar-refractivity contribution in [3.63, 3.8) is 0 Å². The van der Waals surface area contributed by atoms with Crippen molar-refractivity contribution in [1.82, 2.24) is 0 Å². The molecular formula is C15H22FN3. The van der Waals surface area contributed by atoms with E-state index in [0.29, 0.717) is 17.1 Å². The molecule has 0 aliphatic carbocycles. The molecule has 0 amide bonds. The normalized spacial score (nSPS) is 10.9. The van der Waals surface area contributed by atoms with Crippen LogP contribution >= 0.6 is 0 Å². The number of hydrogen-bond acceptors (Lipinski definition) is 2. The number of allylic oxidation sites excluding steroid dienone is 1. The Balaban J connectivity index is 0.00000154. The van der Waals surface area contributed by atoms with Crippen molar-refractivity contribution in [1.29, 1.82) is 0 Å². The lowest BCUT2D eigenvalue weighted by Gasteiger charge is -2.07. The average molecular weight is 263 g/mol. The summed E-state index contributed by atoms with van der Waals surface area (Å²) >= 11 is 0. The third-order valence-corrected chi connectivity index (χ3v) is 2.03. The molecule has 1 rings (SSSR count). The summed E-state index contributed by atoms with van der Waals surface area (Å²) in [7, 11) is 0. The second-order valence-electron chi connectivity index (χ2n) is 3.58. The van der Waals surface area contributed by atoms with Crippen LogP contribution in [-0.2, 0) is 0 Å². The van der Waals surface area contributed by atoms with Gasteiger partial charge in [0.25, 0.3) is 0 Å². The zero-order valence-corrected chi connectivity index (χ0v) is 12.0. The predicted molar refractivity (Wildman–Crippen MR) is 81.7 cm³/mol. The van der Waals surface area contributed by atoms with Gasteiger partial charge in [-0.15, -0.1) is 0 Å². The van der Waals surface area contributed by atoms with Crippen molar-refractivity contribution in [2.24, 2.45) is 10.7 Å². The van der Waals surface area contributed by atoms with Crippen LogP contribution < -0.4 is 11.1 Å². The molecule has 0 radical (unpaired) electrons. The predicted octanol–water partition coefficient (Wildman–Crippen LogP) is 3.98. The lowest BCUT2D eigenvalue weighted by Crippen LogP contribution is -2.11. The van der Waals surface area contributed by atoms with Crippen LogP contribution in [0.25, 0.3) is 0 Å². The molecule has 0 bridgehead atoms. The first kappa shape index (κ1) is 16.9. The third kappa shape index (κ3) is 6.41. The maximum atomic E-state index is 13.3. The fraction of sp³-hybridized carbons (Fsp3) is 0.267. The Hall–Kier alpha value is -2.10. The molecule has 1 aromatic rings. The molecule has 19 heavy (non-hydrogen) atoms. The second kappa shape index (κ2) is 8.91. The van der Waals surface area contributed by atoms with Gasteiger partial charge in [-0.3, -0.25) is 0 Å². The molecular weight excluding hydrogens is 241 g/mol. The molecule has 0 spiro atoms. The number of amidine groups is 1. The van der Waals surface area contributed by atoms with E-state index >= 15 is 0 Å². The zero-order valence-electron chi connectivity index (χ0n) is 12.0. The molecule has 0 aromatic heterocycles. The van der Waals surface area contributed by atoms with E-state index in [4.69, 9.17) is 5.73 Å². The second-order valence-corrected chi connectivity index (χ2v) is 3.58. The summed E-state index contributed by atoms with van der Waals surface area (Å²) in [5.74, 6) is 0.447. The molecule has 3 N–H and O–H groups in total. The van der Waals surface area contributed by atoms with E-state index in [0.717, 1.165) is 0 Å². The summed E-state index contributed by atoms with van der Waals surface area (Å²) in [6.45, 7) is 11.1. The summed E-state index contributed by atoms with van der Waals surface area (Å²) in [5, 5.41) is 2.96. The first-order chi connectivity index (χ1) is 9.02. The molecule has 0 atom stereocenters. The van der Waals surface area contributed by atoms with Crippen molar-refractivity contribution < 1.29 is 4.39 Å². The molecule has 104 valence electrons. The van der Waals surface area contributed by atoms with Crippen molar-refractivity contribution in [3.05, 3.63) is 54.1 Å². The minimum absolute atomic E-state index is 0.193. The van der Waals surface area contributed by atoms with Gasteiger partial charge in [0.05, 0.1) is 0 Å². The van der Waals surface area contributed by atoms with E-state index in [2.05, 4.69) is 16.9 Å². The SMILES string of the molecule is C=C(N)/N=C(\C=C/C)Nc1ccc(C)c(F)c1.CC. The molecule has 0 heterocycles. The van der Waals surface area contributed by atoms with Crippen LogP contribution in [0.3, 0.4) is 0 Å². The third-order valence-electron chi connectivity index (χ3n) is 2.03. The summed E-state index contributed by atoms with van der Waals surface area (Å²) < 4.78 is 13.3. The maximum Gasteiger partial charge on any atom is 0.132 e. The highest BCUT2D eigenvalue weighted by atomic mass is 19.1. The van der Waals surface area contributed by atoms with Crippen LogP contribution in [0.15, 0.2) is 47.7 Å². The smallest absolute Gasteiger partial charge is 0.132 e. The Labute approximate surface area is 114 Å². The standard InChI is InChI=1S/C13H16FN3.C2H6/c1-4-5-13(16-10(3)15)17-11-7-6-9(2)12(14)8-11;1-2/h4-8H,3,15H2,1-2H3,(H,16,17);1-2H3/b5-4-;. The number of nitrogens with zero attached hydrogens (tertiary/aromatic N) is 1. The number of nitrogens with two attached hydrogens (primary N) is 1. The number of rotatable bonds is 3. The molecule has 3 nitrogen and oxygen atoms in total.